The molecule has 25 heavy (non-hydrogen) atoms. The monoisotopic (exact) mass is 363 g/mol. The van der Waals surface area contributed by atoms with E-state index < -0.39 is 11.2 Å². The summed E-state index contributed by atoms with van der Waals surface area (Å²) in [5.41, 5.74) is -0.593. The van der Waals surface area contributed by atoms with Crippen LogP contribution in [-0.4, -0.2) is 48.8 Å². The van der Waals surface area contributed by atoms with Crippen LogP contribution >= 0.6 is 11.8 Å². The molecule has 1 saturated heterocycles. The predicted molar refractivity (Wildman–Crippen MR) is 95.8 cm³/mol. The highest BCUT2D eigenvalue weighted by atomic mass is 32.2. The lowest BCUT2D eigenvalue weighted by Gasteiger charge is -2.20. The average Bonchev–Trinajstić information content (AvgIpc) is 2.91. The third-order valence-electron chi connectivity index (χ3n) is 4.49. The zero-order valence-electron chi connectivity index (χ0n) is 14.4. The van der Waals surface area contributed by atoms with Crippen LogP contribution in [0.2, 0.25) is 0 Å². The van der Waals surface area contributed by atoms with Crippen molar-refractivity contribution in [2.24, 2.45) is 14.1 Å². The lowest BCUT2D eigenvalue weighted by Crippen LogP contribution is -2.37. The molecule has 0 N–H and O–H groups in total. The van der Waals surface area contributed by atoms with E-state index in [-0.39, 0.29) is 22.7 Å². The van der Waals surface area contributed by atoms with E-state index in [1.165, 1.54) is 29.7 Å². The number of nitrogens with zero attached hydrogens (tertiary/aromatic N) is 5. The van der Waals surface area contributed by atoms with Gasteiger partial charge in [0.2, 0.25) is 5.91 Å². The van der Waals surface area contributed by atoms with Crippen molar-refractivity contribution in [1.82, 2.24) is 24.0 Å². The topological polar surface area (TPSA) is 90.1 Å². The average molecular weight is 363 g/mol. The Hall–Kier alpha value is -2.16. The van der Waals surface area contributed by atoms with Gasteiger partial charge in [-0.1, -0.05) is 24.6 Å². The van der Waals surface area contributed by atoms with Crippen molar-refractivity contribution >= 4 is 28.7 Å². The molecule has 3 heterocycles. The summed E-state index contributed by atoms with van der Waals surface area (Å²) in [6.07, 6.45) is 5.72. The molecule has 0 spiro atoms. The van der Waals surface area contributed by atoms with Crippen molar-refractivity contribution in [1.29, 1.82) is 0 Å². The Morgan fingerprint density at radius 1 is 1.08 bits per heavy atom. The van der Waals surface area contributed by atoms with E-state index in [9.17, 15) is 14.4 Å². The molecule has 1 amide bonds. The SMILES string of the molecule is Cn1c(=O)c2c(SCC(=O)N3CCCCCC3)ncnc2n(C)c1=O. The maximum Gasteiger partial charge on any atom is 0.332 e. The summed E-state index contributed by atoms with van der Waals surface area (Å²) in [5.74, 6) is 0.276. The van der Waals surface area contributed by atoms with E-state index in [0.29, 0.717) is 5.03 Å². The van der Waals surface area contributed by atoms with Crippen LogP contribution in [0.4, 0.5) is 0 Å². The molecule has 2 aromatic heterocycles. The molecule has 8 nitrogen and oxygen atoms in total. The molecule has 0 aliphatic carbocycles. The number of thioether (sulfide) groups is 1. The van der Waals surface area contributed by atoms with Crippen LogP contribution in [-0.2, 0) is 18.9 Å². The van der Waals surface area contributed by atoms with Crippen LogP contribution in [0.15, 0.2) is 20.9 Å². The molecule has 0 bridgehead atoms. The predicted octanol–water partition coefficient (Wildman–Crippen LogP) is 0.522. The van der Waals surface area contributed by atoms with Crippen LogP contribution < -0.4 is 11.2 Å². The molecule has 0 saturated carbocycles. The van der Waals surface area contributed by atoms with E-state index in [1.54, 1.807) is 7.05 Å². The van der Waals surface area contributed by atoms with Gasteiger partial charge in [-0.15, -0.1) is 0 Å². The van der Waals surface area contributed by atoms with Gasteiger partial charge in [0.1, 0.15) is 16.7 Å². The van der Waals surface area contributed by atoms with Crippen LogP contribution in [0, 0.1) is 0 Å². The van der Waals surface area contributed by atoms with Gasteiger partial charge in [0.15, 0.2) is 5.65 Å². The van der Waals surface area contributed by atoms with Crippen molar-refractivity contribution in [3.8, 4) is 0 Å². The number of carbonyl (C=O) groups is 1. The van der Waals surface area contributed by atoms with Gasteiger partial charge < -0.3 is 4.90 Å². The van der Waals surface area contributed by atoms with Crippen molar-refractivity contribution in [2.75, 3.05) is 18.8 Å². The molecule has 2 aromatic rings. The number of hydrogen-bond acceptors (Lipinski definition) is 6. The summed E-state index contributed by atoms with van der Waals surface area (Å²) in [7, 11) is 2.99. The minimum absolute atomic E-state index is 0.0558. The van der Waals surface area contributed by atoms with Crippen molar-refractivity contribution < 1.29 is 4.79 Å². The smallest absolute Gasteiger partial charge is 0.332 e. The van der Waals surface area contributed by atoms with Crippen LogP contribution in [0.3, 0.4) is 0 Å². The maximum absolute atomic E-state index is 12.5. The fourth-order valence-corrected chi connectivity index (χ4v) is 3.91. The third kappa shape index (κ3) is 3.46. The van der Waals surface area contributed by atoms with Crippen LogP contribution in [0.25, 0.3) is 11.0 Å². The fourth-order valence-electron chi connectivity index (χ4n) is 3.02. The van der Waals surface area contributed by atoms with Gasteiger partial charge in [-0.25, -0.2) is 14.8 Å². The van der Waals surface area contributed by atoms with Crippen molar-refractivity contribution in [3.63, 3.8) is 0 Å². The Balaban J connectivity index is 1.88. The molecule has 0 aromatic carbocycles. The molecule has 9 heteroatoms. The normalized spacial score (nSPS) is 15.4. The molecule has 134 valence electrons. The van der Waals surface area contributed by atoms with Gasteiger partial charge in [0.05, 0.1) is 5.75 Å². The molecule has 0 atom stereocenters. The quantitative estimate of drug-likeness (QED) is 0.583. The number of carbonyl (C=O) groups excluding carboxylic acids is 1. The van der Waals surface area contributed by atoms with Gasteiger partial charge in [-0.05, 0) is 12.8 Å². The standard InChI is InChI=1S/C16H21N5O3S/c1-19-13-12(15(23)20(2)16(19)24)14(18-10-17-13)25-9-11(22)21-7-5-3-4-6-8-21/h10H,3-9H2,1-2H3. The first kappa shape index (κ1) is 17.7. The van der Waals surface area contributed by atoms with Gasteiger partial charge >= 0.3 is 5.69 Å². The lowest BCUT2D eigenvalue weighted by molar-refractivity contribution is -0.128. The Labute approximate surface area is 148 Å². The summed E-state index contributed by atoms with van der Waals surface area (Å²) in [6.45, 7) is 1.58. The number of rotatable bonds is 3. The van der Waals surface area contributed by atoms with Crippen LogP contribution in [0.1, 0.15) is 25.7 Å². The van der Waals surface area contributed by atoms with E-state index in [2.05, 4.69) is 9.97 Å². The maximum atomic E-state index is 12.5. The Morgan fingerprint density at radius 2 is 1.76 bits per heavy atom. The Bertz CT molecular complexity index is 912. The Morgan fingerprint density at radius 3 is 2.44 bits per heavy atom. The summed E-state index contributed by atoms with van der Waals surface area (Å²) in [6, 6.07) is 0. The molecular weight excluding hydrogens is 342 g/mol. The molecular formula is C16H21N5O3S. The fraction of sp³-hybridized carbons (Fsp3) is 0.562. The molecule has 0 radical (unpaired) electrons. The number of fused-ring (bicyclic) bond motifs is 1. The summed E-state index contributed by atoms with van der Waals surface area (Å²) < 4.78 is 2.35. The minimum atomic E-state index is -0.441. The highest BCUT2D eigenvalue weighted by Gasteiger charge is 2.19. The number of aryl methyl sites for hydroxylation is 1. The second-order valence-corrected chi connectivity index (χ2v) is 7.13. The van der Waals surface area contributed by atoms with Crippen molar-refractivity contribution in [2.45, 2.75) is 30.7 Å². The summed E-state index contributed by atoms with van der Waals surface area (Å²) >= 11 is 1.22. The Kier molecular flexibility index (Phi) is 5.22. The van der Waals surface area contributed by atoms with Gasteiger partial charge in [-0.2, -0.15) is 0 Å². The number of amides is 1. The number of hydrogen-bond donors (Lipinski definition) is 0. The largest absolute Gasteiger partial charge is 0.342 e. The first-order chi connectivity index (χ1) is 12.0. The molecule has 1 fully saturated rings. The van der Waals surface area contributed by atoms with Gasteiger partial charge in [-0.3, -0.25) is 18.7 Å². The summed E-state index contributed by atoms with van der Waals surface area (Å²) in [5, 5.41) is 0.713. The third-order valence-corrected chi connectivity index (χ3v) is 5.47. The molecule has 0 unspecified atom stereocenters. The molecule has 3 rings (SSSR count). The first-order valence-electron chi connectivity index (χ1n) is 8.32. The lowest BCUT2D eigenvalue weighted by atomic mass is 10.2. The van der Waals surface area contributed by atoms with E-state index in [4.69, 9.17) is 0 Å². The zero-order valence-corrected chi connectivity index (χ0v) is 15.2. The summed E-state index contributed by atoms with van der Waals surface area (Å²) in [4.78, 5) is 47.1. The highest BCUT2D eigenvalue weighted by Crippen LogP contribution is 2.22. The second kappa shape index (κ2) is 7.38. The number of likely N-dealkylation sites (tertiary alicyclic amines) is 1. The second-order valence-electron chi connectivity index (χ2n) is 6.17. The minimum Gasteiger partial charge on any atom is -0.342 e. The molecule has 1 aliphatic rings. The highest BCUT2D eigenvalue weighted by molar-refractivity contribution is 8.00. The first-order valence-corrected chi connectivity index (χ1v) is 9.30. The van der Waals surface area contributed by atoms with Gasteiger partial charge in [0.25, 0.3) is 5.56 Å². The van der Waals surface area contributed by atoms with E-state index in [1.807, 2.05) is 4.90 Å². The van der Waals surface area contributed by atoms with E-state index >= 15 is 0 Å². The number of aromatic nitrogens is 4. The zero-order chi connectivity index (χ0) is 18.0. The van der Waals surface area contributed by atoms with Gasteiger partial charge in [0, 0.05) is 27.2 Å². The molecule has 1 aliphatic heterocycles. The van der Waals surface area contributed by atoms with Crippen LogP contribution in [0.5, 0.6) is 0 Å². The van der Waals surface area contributed by atoms with E-state index in [0.717, 1.165) is 43.3 Å². The van der Waals surface area contributed by atoms with Crippen molar-refractivity contribution in [3.05, 3.63) is 27.2 Å².